The van der Waals surface area contributed by atoms with Gasteiger partial charge in [0, 0.05) is 24.7 Å². The number of aliphatic hydroxyl groups is 1. The van der Waals surface area contributed by atoms with Crippen LogP contribution in [0.3, 0.4) is 0 Å². The van der Waals surface area contributed by atoms with Crippen molar-refractivity contribution in [2.24, 2.45) is 11.3 Å². The van der Waals surface area contributed by atoms with E-state index in [0.29, 0.717) is 25.7 Å². The number of aliphatic hydroxyl groups excluding tert-OH is 1. The Bertz CT molecular complexity index is 509. The van der Waals surface area contributed by atoms with Crippen LogP contribution in [-0.4, -0.2) is 30.9 Å². The highest BCUT2D eigenvalue weighted by Crippen LogP contribution is 2.50. The Morgan fingerprint density at radius 3 is 2.41 bits per heavy atom. The average molecular weight is 321 g/mol. The van der Waals surface area contributed by atoms with Crippen LogP contribution in [0, 0.1) is 22.8 Å². The highest BCUT2D eigenvalue weighted by atomic mass is 28.3. The van der Waals surface area contributed by atoms with Gasteiger partial charge in [0.05, 0.1) is 12.0 Å². The maximum absolute atomic E-state index is 12.4. The van der Waals surface area contributed by atoms with Crippen LogP contribution >= 0.6 is 0 Å². The molecule has 2 rings (SSSR count). The Morgan fingerprint density at radius 2 is 1.86 bits per heavy atom. The minimum absolute atomic E-state index is 0.0900. The van der Waals surface area contributed by atoms with Gasteiger partial charge in [0.1, 0.15) is 19.6 Å². The van der Waals surface area contributed by atoms with Gasteiger partial charge in [-0.25, -0.2) is 0 Å². The van der Waals surface area contributed by atoms with Crippen LogP contribution in [0.25, 0.3) is 0 Å². The summed E-state index contributed by atoms with van der Waals surface area (Å²) in [7, 11) is -1.39. The fourth-order valence-electron chi connectivity index (χ4n) is 4.04. The molecule has 3 nitrogen and oxygen atoms in total. The first-order valence-corrected chi connectivity index (χ1v) is 12.0. The van der Waals surface area contributed by atoms with E-state index >= 15 is 0 Å². The third kappa shape index (κ3) is 3.69. The Hall–Kier alpha value is -0.923. The van der Waals surface area contributed by atoms with Gasteiger partial charge in [-0.1, -0.05) is 19.6 Å². The third-order valence-electron chi connectivity index (χ3n) is 4.98. The number of hydrogen-bond donors (Lipinski definition) is 1. The van der Waals surface area contributed by atoms with Gasteiger partial charge in [-0.15, -0.1) is 11.5 Å². The van der Waals surface area contributed by atoms with Crippen molar-refractivity contribution in [3.05, 3.63) is 0 Å². The molecule has 0 aromatic carbocycles. The Labute approximate surface area is 134 Å². The summed E-state index contributed by atoms with van der Waals surface area (Å²) in [6.45, 7) is 6.56. The van der Waals surface area contributed by atoms with Crippen molar-refractivity contribution in [3.63, 3.8) is 0 Å². The molecule has 22 heavy (non-hydrogen) atoms. The van der Waals surface area contributed by atoms with Crippen molar-refractivity contribution < 1.29 is 14.7 Å². The number of carbonyl (C=O) groups excluding carboxylic acids is 2. The first-order chi connectivity index (χ1) is 10.3. The summed E-state index contributed by atoms with van der Waals surface area (Å²) in [4.78, 5) is 24.8. The summed E-state index contributed by atoms with van der Waals surface area (Å²) in [5.41, 5.74) is 2.73. The van der Waals surface area contributed by atoms with Gasteiger partial charge in [-0.2, -0.15) is 0 Å². The predicted octanol–water partition coefficient (Wildman–Crippen LogP) is 3.12. The van der Waals surface area contributed by atoms with E-state index in [9.17, 15) is 14.7 Å². The van der Waals surface area contributed by atoms with Crippen molar-refractivity contribution in [2.45, 2.75) is 77.1 Å². The predicted molar refractivity (Wildman–Crippen MR) is 90.0 cm³/mol. The summed E-state index contributed by atoms with van der Waals surface area (Å²) >= 11 is 0. The van der Waals surface area contributed by atoms with E-state index in [4.69, 9.17) is 0 Å². The van der Waals surface area contributed by atoms with E-state index in [1.54, 1.807) is 0 Å². The van der Waals surface area contributed by atoms with Gasteiger partial charge >= 0.3 is 0 Å². The van der Waals surface area contributed by atoms with Crippen LogP contribution in [-0.2, 0) is 9.59 Å². The molecule has 0 radical (unpaired) electrons. The monoisotopic (exact) mass is 320 g/mol. The van der Waals surface area contributed by atoms with Gasteiger partial charge in [0.25, 0.3) is 0 Å². The molecule has 1 N–H and O–H groups in total. The van der Waals surface area contributed by atoms with Gasteiger partial charge in [0.15, 0.2) is 0 Å². The number of hydrogen-bond acceptors (Lipinski definition) is 3. The molecule has 0 unspecified atom stereocenters. The molecule has 122 valence electrons. The zero-order valence-corrected chi connectivity index (χ0v) is 15.1. The van der Waals surface area contributed by atoms with Crippen molar-refractivity contribution in [1.29, 1.82) is 0 Å². The van der Waals surface area contributed by atoms with Crippen molar-refractivity contribution in [3.8, 4) is 11.5 Å². The number of ketones is 2. The summed E-state index contributed by atoms with van der Waals surface area (Å²) in [6, 6.07) is 0. The van der Waals surface area contributed by atoms with Crippen LogP contribution < -0.4 is 0 Å². The maximum Gasteiger partial charge on any atom is 0.139 e. The lowest BCUT2D eigenvalue weighted by Crippen LogP contribution is -2.48. The second-order valence-corrected chi connectivity index (χ2v) is 12.6. The number of carbonyl (C=O) groups is 2. The van der Waals surface area contributed by atoms with Crippen LogP contribution in [0.2, 0.25) is 19.6 Å². The van der Waals surface area contributed by atoms with Crippen LogP contribution in [0.15, 0.2) is 0 Å². The molecule has 0 heterocycles. The van der Waals surface area contributed by atoms with Crippen LogP contribution in [0.5, 0.6) is 0 Å². The molecule has 2 fully saturated rings. The van der Waals surface area contributed by atoms with Crippen molar-refractivity contribution in [1.82, 2.24) is 0 Å². The van der Waals surface area contributed by atoms with Crippen LogP contribution in [0.4, 0.5) is 0 Å². The van der Waals surface area contributed by atoms with Crippen molar-refractivity contribution >= 4 is 19.6 Å². The molecule has 0 aromatic rings. The Morgan fingerprint density at radius 1 is 1.23 bits per heavy atom. The molecule has 0 aliphatic heterocycles. The summed E-state index contributed by atoms with van der Waals surface area (Å²) in [5, 5.41) is 10.6. The molecule has 2 aliphatic carbocycles. The quantitative estimate of drug-likeness (QED) is 0.642. The zero-order chi connectivity index (χ0) is 16.4. The van der Waals surface area contributed by atoms with Gasteiger partial charge in [0.2, 0.25) is 0 Å². The van der Waals surface area contributed by atoms with E-state index in [0.717, 1.165) is 25.7 Å². The van der Waals surface area contributed by atoms with E-state index in [2.05, 4.69) is 31.1 Å². The van der Waals surface area contributed by atoms with Crippen LogP contribution in [0.1, 0.15) is 51.4 Å². The van der Waals surface area contributed by atoms with Crippen molar-refractivity contribution in [2.75, 3.05) is 0 Å². The first kappa shape index (κ1) is 17.4. The largest absolute Gasteiger partial charge is 0.392 e. The lowest BCUT2D eigenvalue weighted by atomic mass is 9.61. The van der Waals surface area contributed by atoms with Gasteiger partial charge in [-0.3, -0.25) is 9.59 Å². The molecular weight excluding hydrogens is 292 g/mol. The minimum atomic E-state index is -1.39. The summed E-state index contributed by atoms with van der Waals surface area (Å²) < 4.78 is 0. The number of rotatable bonds is 3. The molecule has 2 saturated carbocycles. The van der Waals surface area contributed by atoms with E-state index < -0.39 is 25.5 Å². The smallest absolute Gasteiger partial charge is 0.139 e. The molecule has 0 saturated heterocycles. The molecule has 1 spiro atoms. The first-order valence-electron chi connectivity index (χ1n) is 8.50. The molecule has 4 heteroatoms. The lowest BCUT2D eigenvalue weighted by Gasteiger charge is -2.41. The highest BCUT2D eigenvalue weighted by Gasteiger charge is 2.54. The lowest BCUT2D eigenvalue weighted by molar-refractivity contribution is -0.147. The molecule has 0 amide bonds. The maximum atomic E-state index is 12.4. The normalized spacial score (nSPS) is 30.3. The topological polar surface area (TPSA) is 54.4 Å². The summed E-state index contributed by atoms with van der Waals surface area (Å²) in [5.74, 6) is 2.97. The standard InChI is InChI=1S/C18H28O3Si/c1-22(2,3)13-5-4-8-14(19)17-15(20)9-6-11-18(17)12-7-10-16(18)21/h14,17,19H,4,6-12H2,1-3H3/t14-,17-,18-/m0/s1. The molecule has 0 bridgehead atoms. The van der Waals surface area contributed by atoms with Gasteiger partial charge in [-0.05, 0) is 32.1 Å². The number of Topliss-reactive ketones (excluding diaryl/α,β-unsaturated/α-hetero) is 2. The fraction of sp³-hybridized carbons (Fsp3) is 0.778. The van der Waals surface area contributed by atoms with E-state index in [-0.39, 0.29) is 11.6 Å². The highest BCUT2D eigenvalue weighted by molar-refractivity contribution is 6.83. The molecule has 3 atom stereocenters. The molecule has 0 aromatic heterocycles. The second-order valence-electron chi connectivity index (χ2n) is 7.89. The Kier molecular flexibility index (Phi) is 5.29. The van der Waals surface area contributed by atoms with E-state index in [1.807, 2.05) is 0 Å². The average Bonchev–Trinajstić information content (AvgIpc) is 2.75. The second kappa shape index (κ2) is 6.68. The fourth-order valence-corrected chi connectivity index (χ4v) is 4.70. The minimum Gasteiger partial charge on any atom is -0.392 e. The SMILES string of the molecule is C[Si](C)(C)C#CCC[C@H](O)[C@H]1C(=O)CCC[C@@]12CCCC2=O. The third-order valence-corrected chi connectivity index (χ3v) is 5.91. The Balaban J connectivity index is 2.07. The van der Waals surface area contributed by atoms with Gasteiger partial charge < -0.3 is 5.11 Å². The molecule has 2 aliphatic rings. The summed E-state index contributed by atoms with van der Waals surface area (Å²) in [6.07, 6.45) is 4.70. The molecular formula is C18H28O3Si. The zero-order valence-electron chi connectivity index (χ0n) is 14.1. The van der Waals surface area contributed by atoms with E-state index in [1.165, 1.54) is 0 Å².